The van der Waals surface area contributed by atoms with Crippen molar-refractivity contribution in [3.63, 3.8) is 0 Å². The number of likely N-dealkylation sites (tertiary alicyclic amines) is 1. The molecule has 2 aromatic heterocycles. The largest absolute Gasteiger partial charge is 1.00 e. The summed E-state index contributed by atoms with van der Waals surface area (Å²) < 4.78 is 13.0. The molecule has 0 saturated carbocycles. The standard InChI is InChI=1S/C19H26NO4S2.BrH/c1-20(2)9-8-15(14-20)24-18(22)19(23-11-5-10-21,16-6-3-12-25-16)17-7-4-13-26-17;/h3-4,6-7,12-13,15,21H,5,8-11,14H2,1-2H3;1H/q+1;/p-1. The van der Waals surface area contributed by atoms with E-state index in [0.717, 1.165) is 33.7 Å². The molecule has 150 valence electrons. The third-order valence-corrected chi connectivity index (χ3v) is 6.61. The fourth-order valence-electron chi connectivity index (χ4n) is 3.33. The maximum absolute atomic E-state index is 13.4. The van der Waals surface area contributed by atoms with Crippen molar-refractivity contribution in [1.29, 1.82) is 0 Å². The molecule has 0 amide bonds. The molecule has 0 spiro atoms. The van der Waals surface area contributed by atoms with Crippen LogP contribution in [0.2, 0.25) is 0 Å². The van der Waals surface area contributed by atoms with E-state index in [-0.39, 0.29) is 42.3 Å². The molecule has 1 atom stereocenters. The normalized spacial score (nSPS) is 18.9. The fraction of sp³-hybridized carbons (Fsp3) is 0.526. The average Bonchev–Trinajstić information content (AvgIpc) is 3.34. The van der Waals surface area contributed by atoms with Gasteiger partial charge in [-0.3, -0.25) is 0 Å². The van der Waals surface area contributed by atoms with Crippen LogP contribution in [0.15, 0.2) is 35.0 Å². The number of carbonyl (C=O) groups excluding carboxylic acids is 1. The molecule has 3 heterocycles. The Kier molecular flexibility index (Phi) is 8.03. The lowest BCUT2D eigenvalue weighted by Crippen LogP contribution is -3.00. The average molecular weight is 476 g/mol. The molecule has 1 saturated heterocycles. The topological polar surface area (TPSA) is 55.8 Å². The molecule has 0 bridgehead atoms. The lowest BCUT2D eigenvalue weighted by molar-refractivity contribution is -0.879. The molecule has 8 heteroatoms. The van der Waals surface area contributed by atoms with Crippen molar-refractivity contribution in [3.05, 3.63) is 44.8 Å². The number of carbonyl (C=O) groups is 1. The molecule has 1 aliphatic heterocycles. The van der Waals surface area contributed by atoms with Crippen LogP contribution in [0.1, 0.15) is 22.6 Å². The number of likely N-dealkylation sites (N-methyl/N-ethyl adjacent to an activating group) is 1. The highest BCUT2D eigenvalue weighted by Gasteiger charge is 2.49. The van der Waals surface area contributed by atoms with Crippen LogP contribution >= 0.6 is 22.7 Å². The zero-order chi connectivity index (χ0) is 18.6. The van der Waals surface area contributed by atoms with Crippen molar-refractivity contribution in [2.75, 3.05) is 40.4 Å². The van der Waals surface area contributed by atoms with E-state index in [4.69, 9.17) is 14.6 Å². The van der Waals surface area contributed by atoms with Gasteiger partial charge in [-0.15, -0.1) is 22.7 Å². The smallest absolute Gasteiger partial charge is 0.350 e. The third kappa shape index (κ3) is 4.99. The Morgan fingerprint density at radius 2 is 1.89 bits per heavy atom. The van der Waals surface area contributed by atoms with Crippen molar-refractivity contribution in [2.45, 2.75) is 24.5 Å². The van der Waals surface area contributed by atoms with Gasteiger partial charge in [0.1, 0.15) is 6.54 Å². The first kappa shape index (κ1) is 22.5. The number of hydrogen-bond acceptors (Lipinski definition) is 6. The Hall–Kier alpha value is -0.770. The van der Waals surface area contributed by atoms with E-state index in [2.05, 4.69) is 14.1 Å². The molecule has 1 N–H and O–H groups in total. The Labute approximate surface area is 178 Å². The van der Waals surface area contributed by atoms with E-state index in [1.807, 2.05) is 35.0 Å². The SMILES string of the molecule is C[N+]1(C)CCC(OC(=O)C(OCCCO)(c2cccs2)c2cccs2)C1.[Br-]. The maximum Gasteiger partial charge on any atom is 0.350 e. The van der Waals surface area contributed by atoms with Gasteiger partial charge in [0.2, 0.25) is 5.60 Å². The number of thiophene rings is 2. The number of hydrogen-bond donors (Lipinski definition) is 1. The zero-order valence-electron chi connectivity index (χ0n) is 15.6. The van der Waals surface area contributed by atoms with Gasteiger partial charge in [-0.2, -0.15) is 0 Å². The molecule has 0 aliphatic carbocycles. The van der Waals surface area contributed by atoms with Crippen LogP contribution in [0.5, 0.6) is 0 Å². The molecule has 1 fully saturated rings. The second-order valence-corrected chi connectivity index (χ2v) is 9.11. The van der Waals surface area contributed by atoms with Crippen molar-refractivity contribution < 1.29 is 40.8 Å². The number of esters is 1. The van der Waals surface area contributed by atoms with E-state index >= 15 is 0 Å². The van der Waals surface area contributed by atoms with Crippen LogP contribution in [0.3, 0.4) is 0 Å². The highest BCUT2D eigenvalue weighted by atomic mass is 79.9. The van der Waals surface area contributed by atoms with Gasteiger partial charge in [-0.25, -0.2) is 4.79 Å². The van der Waals surface area contributed by atoms with Crippen molar-refractivity contribution in [3.8, 4) is 0 Å². The first-order valence-corrected chi connectivity index (χ1v) is 10.6. The summed E-state index contributed by atoms with van der Waals surface area (Å²) >= 11 is 2.97. The summed E-state index contributed by atoms with van der Waals surface area (Å²) in [6.07, 6.45) is 1.23. The van der Waals surface area contributed by atoms with Gasteiger partial charge in [0.25, 0.3) is 0 Å². The highest BCUT2D eigenvalue weighted by Crippen LogP contribution is 2.41. The molecule has 1 aliphatic rings. The van der Waals surface area contributed by atoms with Crippen molar-refractivity contribution in [2.24, 2.45) is 0 Å². The number of ether oxygens (including phenoxy) is 2. The number of rotatable bonds is 8. The predicted molar refractivity (Wildman–Crippen MR) is 103 cm³/mol. The summed E-state index contributed by atoms with van der Waals surface area (Å²) in [5, 5.41) is 13.0. The Morgan fingerprint density at radius 3 is 2.33 bits per heavy atom. The Balaban J connectivity index is 0.00000261. The fourth-order valence-corrected chi connectivity index (χ4v) is 5.15. The van der Waals surface area contributed by atoms with Crippen LogP contribution in [0.4, 0.5) is 0 Å². The monoisotopic (exact) mass is 475 g/mol. The van der Waals surface area contributed by atoms with Crippen LogP contribution < -0.4 is 17.0 Å². The quantitative estimate of drug-likeness (QED) is 0.327. The molecular weight excluding hydrogens is 450 g/mol. The predicted octanol–water partition coefficient (Wildman–Crippen LogP) is -0.152. The first-order chi connectivity index (χ1) is 12.5. The Bertz CT molecular complexity index is 669. The first-order valence-electron chi connectivity index (χ1n) is 8.84. The van der Waals surface area contributed by atoms with Crippen LogP contribution in [-0.4, -0.2) is 62.1 Å². The van der Waals surface area contributed by atoms with Crippen LogP contribution in [0, 0.1) is 0 Å². The summed E-state index contributed by atoms with van der Waals surface area (Å²) in [5.74, 6) is -0.354. The number of halogens is 1. The van der Waals surface area contributed by atoms with Gasteiger partial charge in [0.05, 0.1) is 37.0 Å². The van der Waals surface area contributed by atoms with Gasteiger partial charge in [0, 0.05) is 13.0 Å². The van der Waals surface area contributed by atoms with E-state index in [0.29, 0.717) is 6.42 Å². The summed E-state index contributed by atoms with van der Waals surface area (Å²) in [5.41, 5.74) is -1.25. The van der Waals surface area contributed by atoms with Crippen molar-refractivity contribution in [1.82, 2.24) is 0 Å². The second-order valence-electron chi connectivity index (χ2n) is 7.22. The molecule has 27 heavy (non-hydrogen) atoms. The van der Waals surface area contributed by atoms with E-state index in [1.165, 1.54) is 22.7 Å². The van der Waals surface area contributed by atoms with E-state index in [1.54, 1.807) is 0 Å². The van der Waals surface area contributed by atoms with E-state index < -0.39 is 5.60 Å². The van der Waals surface area contributed by atoms with Gasteiger partial charge in [0.15, 0.2) is 6.10 Å². The Morgan fingerprint density at radius 1 is 1.26 bits per heavy atom. The summed E-state index contributed by atoms with van der Waals surface area (Å²) in [7, 11) is 4.30. The van der Waals surface area contributed by atoms with Gasteiger partial charge in [-0.1, -0.05) is 12.1 Å². The summed E-state index contributed by atoms with van der Waals surface area (Å²) in [4.78, 5) is 15.0. The molecule has 5 nitrogen and oxygen atoms in total. The molecular formula is C19H26BrNO4S2. The van der Waals surface area contributed by atoms with Gasteiger partial charge >= 0.3 is 5.97 Å². The maximum atomic E-state index is 13.4. The molecule has 1 unspecified atom stereocenters. The number of nitrogens with zero attached hydrogens (tertiary/aromatic N) is 1. The van der Waals surface area contributed by atoms with E-state index in [9.17, 15) is 4.79 Å². The minimum Gasteiger partial charge on any atom is -1.00 e. The zero-order valence-corrected chi connectivity index (χ0v) is 18.8. The van der Waals surface area contributed by atoms with Crippen molar-refractivity contribution >= 4 is 28.6 Å². The lowest BCUT2D eigenvalue weighted by Gasteiger charge is -2.31. The molecule has 2 aromatic rings. The minimum absolute atomic E-state index is 0. The van der Waals surface area contributed by atoms with Gasteiger partial charge in [-0.05, 0) is 29.3 Å². The molecule has 0 aromatic carbocycles. The lowest BCUT2D eigenvalue weighted by atomic mass is 9.99. The third-order valence-electron chi connectivity index (χ3n) is 4.67. The second kappa shape index (κ2) is 9.62. The molecule has 3 rings (SSSR count). The summed E-state index contributed by atoms with van der Waals surface area (Å²) in [6, 6.07) is 7.67. The number of aliphatic hydroxyl groups is 1. The summed E-state index contributed by atoms with van der Waals surface area (Å²) in [6.45, 7) is 2.11. The van der Waals surface area contributed by atoms with Crippen LogP contribution in [-0.2, 0) is 19.9 Å². The van der Waals surface area contributed by atoms with Gasteiger partial charge < -0.3 is 36.0 Å². The number of quaternary nitrogens is 1. The molecule has 0 radical (unpaired) electrons. The van der Waals surface area contributed by atoms with Crippen LogP contribution in [0.25, 0.3) is 0 Å². The number of aliphatic hydroxyl groups excluding tert-OH is 1. The highest BCUT2D eigenvalue weighted by molar-refractivity contribution is 7.12. The minimum atomic E-state index is -1.25.